The number of benzene rings is 1. The molecule has 0 aliphatic rings. The van der Waals surface area contributed by atoms with Crippen molar-refractivity contribution in [3.63, 3.8) is 0 Å². The minimum atomic E-state index is -3.38. The zero-order chi connectivity index (χ0) is 21.2. The van der Waals surface area contributed by atoms with Gasteiger partial charge >= 0.3 is 5.69 Å². The van der Waals surface area contributed by atoms with Crippen LogP contribution < -0.4 is 15.2 Å². The number of nitrogens with zero attached hydrogens (tertiary/aromatic N) is 2. The monoisotopic (exact) mass is 439 g/mol. The van der Waals surface area contributed by atoms with E-state index < -0.39 is 21.6 Å². The summed E-state index contributed by atoms with van der Waals surface area (Å²) in [6.07, 6.45) is 2.85. The van der Waals surface area contributed by atoms with E-state index in [0.29, 0.717) is 34.3 Å². The summed E-state index contributed by atoms with van der Waals surface area (Å²) >= 11 is 5.96. The van der Waals surface area contributed by atoms with Gasteiger partial charge in [0.2, 0.25) is 0 Å². The second-order valence-electron chi connectivity index (χ2n) is 6.69. The molecule has 0 aliphatic heterocycles. The van der Waals surface area contributed by atoms with Gasteiger partial charge in [0.25, 0.3) is 0 Å². The van der Waals surface area contributed by atoms with E-state index in [1.807, 2.05) is 13.0 Å². The number of aromatic nitrogens is 3. The van der Waals surface area contributed by atoms with Crippen LogP contribution in [0.25, 0.3) is 11.2 Å². The molecule has 0 radical (unpaired) electrons. The maximum Gasteiger partial charge on any atom is 0.327 e. The molecule has 2 heterocycles. The quantitative estimate of drug-likeness (QED) is 0.578. The van der Waals surface area contributed by atoms with E-state index in [4.69, 9.17) is 21.1 Å². The number of nitrogens with one attached hydrogen (secondary N) is 1. The lowest BCUT2D eigenvalue weighted by Crippen LogP contribution is -2.29. The van der Waals surface area contributed by atoms with Crippen LogP contribution in [0.15, 0.2) is 35.3 Å². The van der Waals surface area contributed by atoms with Gasteiger partial charge < -0.3 is 14.5 Å². The third kappa shape index (κ3) is 4.91. The summed E-state index contributed by atoms with van der Waals surface area (Å²) < 4.78 is 36.4. The van der Waals surface area contributed by atoms with Crippen LogP contribution in [0.4, 0.5) is 0 Å². The Morgan fingerprint density at radius 1 is 1.28 bits per heavy atom. The van der Waals surface area contributed by atoms with Crippen LogP contribution >= 0.6 is 11.6 Å². The van der Waals surface area contributed by atoms with Crippen molar-refractivity contribution in [1.82, 2.24) is 14.5 Å². The van der Waals surface area contributed by atoms with Crippen molar-refractivity contribution in [1.29, 1.82) is 0 Å². The molecule has 0 aliphatic carbocycles. The average Bonchev–Trinajstić information content (AvgIpc) is 2.95. The Balaban J connectivity index is 2.07. The van der Waals surface area contributed by atoms with Crippen LogP contribution in [0.5, 0.6) is 11.5 Å². The van der Waals surface area contributed by atoms with Crippen molar-refractivity contribution < 1.29 is 17.9 Å². The molecule has 1 atom stereocenters. The molecule has 3 aromatic rings. The highest BCUT2D eigenvalue weighted by atomic mass is 35.5. The molecule has 0 amide bonds. The lowest BCUT2D eigenvalue weighted by molar-refractivity contribution is 0.310. The standard InChI is InChI=1S/C19H22ClN3O5S/c1-4-28-17-8-12(5-6-16(17)27-2)7-14(11-29(3,25)26)23-18-15(22-19(23)24)9-13(20)10-21-18/h5-6,8-10,14H,4,7,11H2,1-3H3,(H,22,24). The molecule has 156 valence electrons. The van der Waals surface area contributed by atoms with Crippen molar-refractivity contribution in [2.45, 2.75) is 19.4 Å². The number of ether oxygens (including phenoxy) is 2. The van der Waals surface area contributed by atoms with Crippen LogP contribution in [0.3, 0.4) is 0 Å². The van der Waals surface area contributed by atoms with Crippen LogP contribution in [0, 0.1) is 0 Å². The molecule has 2 aromatic heterocycles. The number of pyridine rings is 1. The number of sulfone groups is 1. The predicted molar refractivity (Wildman–Crippen MR) is 112 cm³/mol. The van der Waals surface area contributed by atoms with E-state index in [-0.39, 0.29) is 12.2 Å². The lowest BCUT2D eigenvalue weighted by atomic mass is 10.1. The average molecular weight is 440 g/mol. The molecular weight excluding hydrogens is 418 g/mol. The summed E-state index contributed by atoms with van der Waals surface area (Å²) in [7, 11) is -1.83. The number of hydrogen-bond acceptors (Lipinski definition) is 6. The number of fused-ring (bicyclic) bond motifs is 1. The van der Waals surface area contributed by atoms with Gasteiger partial charge in [-0.1, -0.05) is 17.7 Å². The van der Waals surface area contributed by atoms with E-state index >= 15 is 0 Å². The van der Waals surface area contributed by atoms with Crippen molar-refractivity contribution in [2.75, 3.05) is 25.7 Å². The predicted octanol–water partition coefficient (Wildman–Crippen LogP) is 2.61. The first-order valence-corrected chi connectivity index (χ1v) is 11.4. The Kier molecular flexibility index (Phi) is 6.18. The second kappa shape index (κ2) is 8.46. The Bertz CT molecular complexity index is 1190. The topological polar surface area (TPSA) is 103 Å². The third-order valence-electron chi connectivity index (χ3n) is 4.38. The number of methoxy groups -OCH3 is 1. The van der Waals surface area contributed by atoms with Crippen molar-refractivity contribution in [3.8, 4) is 11.5 Å². The van der Waals surface area contributed by atoms with Gasteiger partial charge in [0, 0.05) is 12.5 Å². The minimum absolute atomic E-state index is 0.222. The summed E-state index contributed by atoms with van der Waals surface area (Å²) in [5.74, 6) is 0.915. The van der Waals surface area contributed by atoms with Gasteiger partial charge in [0.15, 0.2) is 17.1 Å². The summed E-state index contributed by atoms with van der Waals surface area (Å²) in [6.45, 7) is 2.32. The zero-order valence-electron chi connectivity index (χ0n) is 16.3. The van der Waals surface area contributed by atoms with Gasteiger partial charge in [0.05, 0.1) is 36.1 Å². The number of H-pyrrole nitrogens is 1. The maximum absolute atomic E-state index is 12.6. The Morgan fingerprint density at radius 3 is 2.69 bits per heavy atom. The van der Waals surface area contributed by atoms with Crippen LogP contribution in [-0.4, -0.2) is 48.7 Å². The molecule has 0 saturated carbocycles. The minimum Gasteiger partial charge on any atom is -0.493 e. The molecule has 0 fully saturated rings. The van der Waals surface area contributed by atoms with E-state index in [1.54, 1.807) is 25.3 Å². The molecule has 0 bridgehead atoms. The second-order valence-corrected chi connectivity index (χ2v) is 9.31. The van der Waals surface area contributed by atoms with Crippen LogP contribution in [0.1, 0.15) is 18.5 Å². The molecule has 1 unspecified atom stereocenters. The molecule has 8 nitrogen and oxygen atoms in total. The number of rotatable bonds is 8. The first kappa shape index (κ1) is 21.2. The van der Waals surface area contributed by atoms with E-state index in [2.05, 4.69) is 9.97 Å². The molecule has 1 aromatic carbocycles. The summed E-state index contributed by atoms with van der Waals surface area (Å²) in [5, 5.41) is 0.377. The first-order chi connectivity index (χ1) is 13.7. The number of halogens is 1. The van der Waals surface area contributed by atoms with Crippen LogP contribution in [-0.2, 0) is 16.3 Å². The largest absolute Gasteiger partial charge is 0.493 e. The highest BCUT2D eigenvalue weighted by Crippen LogP contribution is 2.30. The number of hydrogen-bond donors (Lipinski definition) is 1. The highest BCUT2D eigenvalue weighted by molar-refractivity contribution is 7.90. The smallest absolute Gasteiger partial charge is 0.327 e. The van der Waals surface area contributed by atoms with Crippen molar-refractivity contribution >= 4 is 32.6 Å². The molecule has 10 heteroatoms. The maximum atomic E-state index is 12.6. The van der Waals surface area contributed by atoms with Crippen molar-refractivity contribution in [2.24, 2.45) is 0 Å². The Labute approximate surface area is 173 Å². The van der Waals surface area contributed by atoms with Crippen molar-refractivity contribution in [3.05, 3.63) is 51.5 Å². The van der Waals surface area contributed by atoms with Crippen LogP contribution in [0.2, 0.25) is 5.02 Å². The zero-order valence-corrected chi connectivity index (χ0v) is 17.9. The number of aromatic amines is 1. The lowest BCUT2D eigenvalue weighted by Gasteiger charge is -2.19. The highest BCUT2D eigenvalue weighted by Gasteiger charge is 2.23. The van der Waals surface area contributed by atoms with Gasteiger partial charge in [0.1, 0.15) is 9.84 Å². The molecule has 0 saturated heterocycles. The van der Waals surface area contributed by atoms with Gasteiger partial charge in [-0.2, -0.15) is 0 Å². The Hall–Kier alpha value is -2.52. The Morgan fingerprint density at radius 2 is 2.03 bits per heavy atom. The van der Waals surface area contributed by atoms with E-state index in [0.717, 1.165) is 11.8 Å². The molecule has 0 spiro atoms. The van der Waals surface area contributed by atoms with E-state index in [1.165, 1.54) is 10.8 Å². The molecule has 1 N–H and O–H groups in total. The van der Waals surface area contributed by atoms with Gasteiger partial charge in [-0.25, -0.2) is 18.2 Å². The molecule has 29 heavy (non-hydrogen) atoms. The fourth-order valence-electron chi connectivity index (χ4n) is 3.29. The normalized spacial score (nSPS) is 12.8. The SMILES string of the molecule is CCOc1cc(CC(CS(C)(=O)=O)n2c(=O)[nH]c3cc(Cl)cnc32)ccc1OC. The summed E-state index contributed by atoms with van der Waals surface area (Å²) in [6, 6.07) is 6.29. The fourth-order valence-corrected chi connectivity index (χ4v) is 4.41. The van der Waals surface area contributed by atoms with E-state index in [9.17, 15) is 13.2 Å². The van der Waals surface area contributed by atoms with Gasteiger partial charge in [-0.15, -0.1) is 0 Å². The molecular formula is C19H22ClN3O5S. The molecule has 3 rings (SSSR count). The first-order valence-electron chi connectivity index (χ1n) is 8.95. The van der Waals surface area contributed by atoms with Gasteiger partial charge in [-0.05, 0) is 37.1 Å². The van der Waals surface area contributed by atoms with Gasteiger partial charge in [-0.3, -0.25) is 4.57 Å². The summed E-state index contributed by atoms with van der Waals surface area (Å²) in [4.78, 5) is 19.5. The third-order valence-corrected chi connectivity index (χ3v) is 5.58. The number of imidazole rings is 1. The summed E-state index contributed by atoms with van der Waals surface area (Å²) in [5.41, 5.74) is 1.16. The fraction of sp³-hybridized carbons (Fsp3) is 0.368.